The summed E-state index contributed by atoms with van der Waals surface area (Å²) in [6, 6.07) is 16.3. The minimum absolute atomic E-state index is 0.137. The van der Waals surface area contributed by atoms with Crippen LogP contribution in [-0.2, 0) is 25.7 Å². The van der Waals surface area contributed by atoms with Gasteiger partial charge in [-0.15, -0.1) is 0 Å². The van der Waals surface area contributed by atoms with Crippen molar-refractivity contribution in [1.82, 2.24) is 4.31 Å². The van der Waals surface area contributed by atoms with Crippen LogP contribution in [0.5, 0.6) is 0 Å². The second kappa shape index (κ2) is 12.4. The number of hydrogen-bond acceptors (Lipinski definition) is 5. The molecule has 0 saturated carbocycles. The monoisotopic (exact) mass is 545 g/mol. The minimum Gasteiger partial charge on any atom is -0.413 e. The largest absolute Gasteiger partial charge is 0.413 e. The molecule has 1 aliphatic heterocycles. The Morgan fingerprint density at radius 1 is 0.919 bits per heavy atom. The Hall–Kier alpha value is -1.81. The predicted molar refractivity (Wildman–Crippen MR) is 151 cm³/mol. The molecule has 3 atom stereocenters. The summed E-state index contributed by atoms with van der Waals surface area (Å²) < 4.78 is 42.1. The summed E-state index contributed by atoms with van der Waals surface area (Å²) in [7, 11) is -6.09. The molecule has 2 aromatic carbocycles. The van der Waals surface area contributed by atoms with Crippen molar-refractivity contribution in [2.75, 3.05) is 6.61 Å². The van der Waals surface area contributed by atoms with Gasteiger partial charge in [-0.05, 0) is 47.3 Å². The van der Waals surface area contributed by atoms with Crippen molar-refractivity contribution in [3.63, 3.8) is 0 Å². The Kier molecular flexibility index (Phi) is 9.94. The quantitative estimate of drug-likeness (QED) is 0.276. The Morgan fingerprint density at radius 2 is 1.49 bits per heavy atom. The summed E-state index contributed by atoms with van der Waals surface area (Å²) in [6.07, 6.45) is 0.832. The zero-order chi connectivity index (χ0) is 27.4. The summed E-state index contributed by atoms with van der Waals surface area (Å²) in [5.74, 6) is 0. The summed E-state index contributed by atoms with van der Waals surface area (Å²) in [6.45, 7) is 15.5. The van der Waals surface area contributed by atoms with Crippen molar-refractivity contribution in [2.24, 2.45) is 0 Å². The second-order valence-corrected chi connectivity index (χ2v) is 18.3. The van der Waals surface area contributed by atoms with Gasteiger partial charge in [-0.2, -0.15) is 4.31 Å². The normalized spacial score (nSPS) is 20.9. The number of aliphatic hydroxyl groups is 1. The SMILES string of the molecule is Cc1ccc(S(=O)(=O)N(Cc2ccccc2)[C@@H]2C=C[C@H](O)[C@@H](CO[Si](C(C)C)(C(C)C)C(C)C)O2)cc1. The zero-order valence-corrected chi connectivity index (χ0v) is 25.0. The molecule has 0 aromatic heterocycles. The van der Waals surface area contributed by atoms with Gasteiger partial charge in [0.25, 0.3) is 0 Å². The van der Waals surface area contributed by atoms with Crippen LogP contribution in [0, 0.1) is 6.92 Å². The summed E-state index contributed by atoms with van der Waals surface area (Å²) in [4.78, 5) is 0.204. The molecule has 0 aliphatic carbocycles. The number of benzene rings is 2. The van der Waals surface area contributed by atoms with E-state index in [-0.39, 0.29) is 18.0 Å². The topological polar surface area (TPSA) is 76.1 Å². The van der Waals surface area contributed by atoms with Gasteiger partial charge >= 0.3 is 0 Å². The van der Waals surface area contributed by atoms with Gasteiger partial charge in [0.1, 0.15) is 18.4 Å². The fourth-order valence-electron chi connectivity index (χ4n) is 5.59. The number of hydrogen-bond donors (Lipinski definition) is 1. The van der Waals surface area contributed by atoms with E-state index >= 15 is 0 Å². The maximum atomic E-state index is 13.8. The molecule has 1 N–H and O–H groups in total. The molecule has 0 spiro atoms. The molecule has 0 fully saturated rings. The first-order valence-corrected chi connectivity index (χ1v) is 16.8. The molecule has 1 aliphatic rings. The van der Waals surface area contributed by atoms with Crippen molar-refractivity contribution < 1.29 is 22.7 Å². The van der Waals surface area contributed by atoms with Gasteiger partial charge in [-0.1, -0.05) is 95.6 Å². The Balaban J connectivity index is 1.92. The minimum atomic E-state index is -3.90. The highest BCUT2D eigenvalue weighted by Crippen LogP contribution is 2.42. The van der Waals surface area contributed by atoms with Crippen molar-refractivity contribution in [3.8, 4) is 0 Å². The summed E-state index contributed by atoms with van der Waals surface area (Å²) >= 11 is 0. The number of rotatable bonds is 11. The lowest BCUT2D eigenvalue weighted by Crippen LogP contribution is -2.52. The molecular weight excluding hydrogens is 502 g/mol. The standard InChI is InChI=1S/C29H43NO5SSi/c1-21(2)37(22(3)4,23(5)6)34-20-28-27(31)17-18-29(35-28)30(19-25-11-9-8-10-12-25)36(32,33)26-15-13-24(7)14-16-26/h8-18,21-23,27-29,31H,19-20H2,1-7H3/t27-,28+,29-/m0/s1. The number of sulfonamides is 1. The van der Waals surface area contributed by atoms with Crippen LogP contribution in [-0.4, -0.2) is 51.2 Å². The highest BCUT2D eigenvalue weighted by atomic mass is 32.2. The fraction of sp³-hybridized carbons (Fsp3) is 0.517. The van der Waals surface area contributed by atoms with E-state index in [0.717, 1.165) is 11.1 Å². The average Bonchev–Trinajstić information content (AvgIpc) is 2.84. The van der Waals surface area contributed by atoms with E-state index in [9.17, 15) is 13.5 Å². The third-order valence-electron chi connectivity index (χ3n) is 7.47. The van der Waals surface area contributed by atoms with Crippen LogP contribution < -0.4 is 0 Å². The van der Waals surface area contributed by atoms with E-state index in [2.05, 4.69) is 41.5 Å². The second-order valence-electron chi connectivity index (χ2n) is 10.9. The molecule has 0 unspecified atom stereocenters. The highest BCUT2D eigenvalue weighted by molar-refractivity contribution is 7.89. The van der Waals surface area contributed by atoms with Gasteiger partial charge in [-0.25, -0.2) is 8.42 Å². The number of aryl methyl sites for hydroxylation is 1. The van der Waals surface area contributed by atoms with E-state index in [0.29, 0.717) is 16.6 Å². The van der Waals surface area contributed by atoms with Gasteiger partial charge in [0.15, 0.2) is 8.32 Å². The van der Waals surface area contributed by atoms with Crippen LogP contribution in [0.25, 0.3) is 0 Å². The molecule has 6 nitrogen and oxygen atoms in total. The van der Waals surface area contributed by atoms with Gasteiger partial charge < -0.3 is 14.3 Å². The Labute approximate surface area is 224 Å². The first kappa shape index (κ1) is 29.7. The molecule has 1 heterocycles. The van der Waals surface area contributed by atoms with E-state index in [4.69, 9.17) is 9.16 Å². The molecule has 0 bridgehead atoms. The number of ether oxygens (including phenoxy) is 1. The summed E-state index contributed by atoms with van der Waals surface area (Å²) in [5.41, 5.74) is 2.99. The third-order valence-corrected chi connectivity index (χ3v) is 15.4. The Morgan fingerprint density at radius 3 is 2.03 bits per heavy atom. The number of aliphatic hydroxyl groups excluding tert-OH is 1. The third kappa shape index (κ3) is 6.61. The van der Waals surface area contributed by atoms with Crippen molar-refractivity contribution in [1.29, 1.82) is 0 Å². The summed E-state index contributed by atoms with van der Waals surface area (Å²) in [5, 5.41) is 10.8. The Bertz CT molecular complexity index is 1110. The lowest BCUT2D eigenvalue weighted by molar-refractivity contribution is -0.110. The van der Waals surface area contributed by atoms with Gasteiger partial charge in [0.05, 0.1) is 11.5 Å². The average molecular weight is 546 g/mol. The van der Waals surface area contributed by atoms with Crippen LogP contribution in [0.2, 0.25) is 16.6 Å². The highest BCUT2D eigenvalue weighted by Gasteiger charge is 2.46. The molecule has 37 heavy (non-hydrogen) atoms. The molecular formula is C29H43NO5SSi. The number of nitrogens with zero attached hydrogens (tertiary/aromatic N) is 1. The van der Waals surface area contributed by atoms with E-state index < -0.39 is 36.8 Å². The van der Waals surface area contributed by atoms with E-state index in [1.165, 1.54) is 4.31 Å². The van der Waals surface area contributed by atoms with Crippen molar-refractivity contribution >= 4 is 18.3 Å². The zero-order valence-electron chi connectivity index (χ0n) is 23.2. The lowest BCUT2D eigenvalue weighted by Gasteiger charge is -2.44. The molecule has 8 heteroatoms. The van der Waals surface area contributed by atoms with Crippen molar-refractivity contribution in [3.05, 3.63) is 77.9 Å². The van der Waals surface area contributed by atoms with Gasteiger partial charge in [0, 0.05) is 6.54 Å². The molecule has 204 valence electrons. The molecule has 0 radical (unpaired) electrons. The molecule has 2 aromatic rings. The maximum Gasteiger partial charge on any atom is 0.245 e. The van der Waals surface area contributed by atoms with Crippen molar-refractivity contribution in [2.45, 2.75) is 95.0 Å². The van der Waals surface area contributed by atoms with Crippen LogP contribution >= 0.6 is 0 Å². The lowest BCUT2D eigenvalue weighted by atomic mass is 10.1. The van der Waals surface area contributed by atoms with Crippen LogP contribution in [0.4, 0.5) is 0 Å². The van der Waals surface area contributed by atoms with Gasteiger partial charge in [-0.3, -0.25) is 0 Å². The van der Waals surface area contributed by atoms with Gasteiger partial charge in [0.2, 0.25) is 10.0 Å². The predicted octanol–water partition coefficient (Wildman–Crippen LogP) is 6.02. The van der Waals surface area contributed by atoms with Crippen LogP contribution in [0.3, 0.4) is 0 Å². The molecule has 0 saturated heterocycles. The fourth-order valence-corrected chi connectivity index (χ4v) is 12.5. The first-order valence-electron chi connectivity index (χ1n) is 13.2. The molecule has 3 rings (SSSR count). The first-order chi connectivity index (χ1) is 17.4. The van der Waals surface area contributed by atoms with E-state index in [1.54, 1.807) is 36.4 Å². The van der Waals surface area contributed by atoms with Crippen LogP contribution in [0.15, 0.2) is 71.6 Å². The molecule has 0 amide bonds. The van der Waals surface area contributed by atoms with Crippen LogP contribution in [0.1, 0.15) is 52.7 Å². The smallest absolute Gasteiger partial charge is 0.245 e. The van der Waals surface area contributed by atoms with E-state index in [1.807, 2.05) is 37.3 Å². The maximum absolute atomic E-state index is 13.8.